The van der Waals surface area contributed by atoms with Crippen molar-refractivity contribution in [2.45, 2.75) is 55.5 Å². The van der Waals surface area contributed by atoms with Crippen molar-refractivity contribution in [2.24, 2.45) is 5.73 Å². The molecule has 0 bridgehead atoms. The average molecular weight is 479 g/mol. The Labute approximate surface area is 204 Å². The number of anilines is 1. The second kappa shape index (κ2) is 10.9. The quantitative estimate of drug-likeness (QED) is 0.468. The van der Waals surface area contributed by atoms with Gasteiger partial charge in [-0.05, 0) is 37.8 Å². The average Bonchev–Trinajstić information content (AvgIpc) is 3.29. The fourth-order valence-electron chi connectivity index (χ4n) is 4.04. The molecule has 2 atom stereocenters. The smallest absolute Gasteiger partial charge is 0.235 e. The fourth-order valence-corrected chi connectivity index (χ4v) is 5.10. The summed E-state index contributed by atoms with van der Waals surface area (Å²) in [7, 11) is 0. The summed E-state index contributed by atoms with van der Waals surface area (Å²) in [5.41, 5.74) is 6.96. The third-order valence-electron chi connectivity index (χ3n) is 5.73. The highest BCUT2D eigenvalue weighted by Gasteiger charge is 2.31. The summed E-state index contributed by atoms with van der Waals surface area (Å²) in [5.74, 6) is -0.00686. The lowest BCUT2D eigenvalue weighted by atomic mass is 10.0. The number of carbonyl (C=O) groups excluding carboxylic acids is 1. The Balaban J connectivity index is 2.00. The van der Waals surface area contributed by atoms with Gasteiger partial charge in [-0.2, -0.15) is 10.5 Å². The molecule has 34 heavy (non-hydrogen) atoms. The van der Waals surface area contributed by atoms with Gasteiger partial charge in [0.25, 0.3) is 0 Å². The number of hydrogen-bond acceptors (Lipinski definition) is 8. The summed E-state index contributed by atoms with van der Waals surface area (Å²) >= 11 is 1.14. The summed E-state index contributed by atoms with van der Waals surface area (Å²) in [6.45, 7) is 7.16. The predicted molar refractivity (Wildman–Crippen MR) is 132 cm³/mol. The van der Waals surface area contributed by atoms with Gasteiger partial charge in [0.05, 0.1) is 16.7 Å². The number of aromatic nitrogens is 1. The maximum absolute atomic E-state index is 12.3. The highest BCUT2D eigenvalue weighted by Crippen LogP contribution is 2.40. The van der Waals surface area contributed by atoms with E-state index in [0.717, 1.165) is 23.7 Å². The first-order chi connectivity index (χ1) is 16.2. The van der Waals surface area contributed by atoms with Gasteiger partial charge in [0.1, 0.15) is 28.2 Å². The molecule has 2 aromatic rings. The Morgan fingerprint density at radius 3 is 2.56 bits per heavy atom. The molecule has 3 rings (SSSR count). The molecule has 0 saturated carbocycles. The number of nitrogens with zero attached hydrogens (tertiary/aromatic N) is 4. The first kappa shape index (κ1) is 25.5. The summed E-state index contributed by atoms with van der Waals surface area (Å²) in [4.78, 5) is 19.1. The van der Waals surface area contributed by atoms with E-state index in [2.05, 4.69) is 17.5 Å². The summed E-state index contributed by atoms with van der Waals surface area (Å²) in [6.07, 6.45) is 1.32. The van der Waals surface area contributed by atoms with Gasteiger partial charge < -0.3 is 21.1 Å². The Morgan fingerprint density at radius 1 is 1.32 bits per heavy atom. The Morgan fingerprint density at radius 2 is 2.00 bits per heavy atom. The highest BCUT2D eigenvalue weighted by atomic mass is 32.2. The van der Waals surface area contributed by atoms with Crippen molar-refractivity contribution in [3.8, 4) is 12.1 Å². The van der Waals surface area contributed by atoms with E-state index in [1.807, 2.05) is 42.2 Å². The van der Waals surface area contributed by atoms with Crippen LogP contribution in [-0.4, -0.2) is 47.3 Å². The van der Waals surface area contributed by atoms with Crippen LogP contribution in [-0.2, 0) is 11.2 Å². The van der Waals surface area contributed by atoms with Crippen molar-refractivity contribution in [1.82, 2.24) is 10.3 Å². The molecular weight excluding hydrogens is 448 g/mol. The molecule has 0 radical (unpaired) electrons. The van der Waals surface area contributed by atoms with Crippen molar-refractivity contribution < 1.29 is 9.90 Å². The lowest BCUT2D eigenvalue weighted by Crippen LogP contribution is -2.42. The molecule has 8 nitrogen and oxygen atoms in total. The maximum atomic E-state index is 12.3. The van der Waals surface area contributed by atoms with Crippen LogP contribution in [0.1, 0.15) is 54.7 Å². The molecule has 0 aliphatic carbocycles. The molecule has 9 heteroatoms. The van der Waals surface area contributed by atoms with Crippen LogP contribution < -0.4 is 16.0 Å². The zero-order valence-corrected chi connectivity index (χ0v) is 20.5. The Bertz CT molecular complexity index is 1120. The van der Waals surface area contributed by atoms with Gasteiger partial charge in [-0.15, -0.1) is 0 Å². The summed E-state index contributed by atoms with van der Waals surface area (Å²) < 4.78 is 0. The Kier molecular flexibility index (Phi) is 8.16. The topological polar surface area (TPSA) is 139 Å². The largest absolute Gasteiger partial charge is 0.389 e. The van der Waals surface area contributed by atoms with Crippen LogP contribution in [0.2, 0.25) is 0 Å². The molecular formula is C25H30N6O2S. The van der Waals surface area contributed by atoms with Crippen molar-refractivity contribution in [2.75, 3.05) is 24.5 Å². The van der Waals surface area contributed by atoms with Gasteiger partial charge in [-0.1, -0.05) is 49.0 Å². The number of nitrogens with two attached hydrogens (primary N) is 1. The molecule has 1 aromatic carbocycles. The zero-order valence-electron chi connectivity index (χ0n) is 19.7. The van der Waals surface area contributed by atoms with E-state index >= 15 is 0 Å². The number of carbonyl (C=O) groups is 1. The molecule has 1 unspecified atom stereocenters. The number of hydrogen-bond donors (Lipinski definition) is 3. The predicted octanol–water partition coefficient (Wildman–Crippen LogP) is 2.65. The van der Waals surface area contributed by atoms with Gasteiger partial charge in [0, 0.05) is 25.7 Å². The third kappa shape index (κ3) is 5.87. The van der Waals surface area contributed by atoms with Crippen molar-refractivity contribution in [1.29, 1.82) is 10.5 Å². The molecule has 0 spiro atoms. The number of pyridine rings is 1. The number of thioether (sulfide) groups is 1. The number of rotatable bonds is 9. The molecule has 2 heterocycles. The van der Waals surface area contributed by atoms with Crippen LogP contribution >= 0.6 is 11.8 Å². The van der Waals surface area contributed by atoms with Gasteiger partial charge in [0.15, 0.2) is 0 Å². The number of aliphatic hydroxyl groups is 1. The zero-order chi connectivity index (χ0) is 24.9. The van der Waals surface area contributed by atoms with Crippen LogP contribution in [0.25, 0.3) is 0 Å². The highest BCUT2D eigenvalue weighted by molar-refractivity contribution is 8.00. The minimum absolute atomic E-state index is 0.138. The lowest BCUT2D eigenvalue weighted by molar-refractivity contribution is -0.117. The molecule has 1 fully saturated rings. The van der Waals surface area contributed by atoms with E-state index in [0.29, 0.717) is 53.6 Å². The molecule has 1 saturated heterocycles. The van der Waals surface area contributed by atoms with Gasteiger partial charge in [-0.25, -0.2) is 4.98 Å². The van der Waals surface area contributed by atoms with E-state index in [-0.39, 0.29) is 6.04 Å². The second-order valence-corrected chi connectivity index (χ2v) is 10.1. The first-order valence-electron chi connectivity index (χ1n) is 11.3. The van der Waals surface area contributed by atoms with E-state index in [4.69, 9.17) is 10.7 Å². The van der Waals surface area contributed by atoms with E-state index in [1.54, 1.807) is 13.8 Å². The van der Waals surface area contributed by atoms with Crippen LogP contribution in [0, 0.1) is 22.7 Å². The maximum Gasteiger partial charge on any atom is 0.235 e. The van der Waals surface area contributed by atoms with Crippen LogP contribution in [0.3, 0.4) is 0 Å². The Hall–Kier alpha value is -3.11. The SMILES string of the molecule is CCc1c(C#N)c(SC(C(N)=O)c2ccccc2)nc(N2CC[C@H](NCC(C)(C)O)C2)c1C#N. The molecule has 1 aliphatic heterocycles. The van der Waals surface area contributed by atoms with Gasteiger partial charge >= 0.3 is 0 Å². The molecule has 1 aromatic heterocycles. The molecule has 4 N–H and O–H groups in total. The second-order valence-electron chi connectivity index (χ2n) is 8.98. The van der Waals surface area contributed by atoms with Crippen LogP contribution in [0.4, 0.5) is 5.82 Å². The minimum Gasteiger partial charge on any atom is -0.389 e. The summed E-state index contributed by atoms with van der Waals surface area (Å²) in [6, 6.07) is 13.8. The van der Waals surface area contributed by atoms with Gasteiger partial charge in [0.2, 0.25) is 5.91 Å². The number of benzene rings is 1. The molecule has 1 amide bonds. The lowest BCUT2D eigenvalue weighted by Gasteiger charge is -2.24. The molecule has 1 aliphatic rings. The summed E-state index contributed by atoms with van der Waals surface area (Å²) in [5, 5.41) is 33.0. The van der Waals surface area contributed by atoms with Crippen LogP contribution in [0.15, 0.2) is 35.4 Å². The monoisotopic (exact) mass is 478 g/mol. The van der Waals surface area contributed by atoms with E-state index in [9.17, 15) is 20.4 Å². The normalized spacial score (nSPS) is 16.6. The van der Waals surface area contributed by atoms with Gasteiger partial charge in [-0.3, -0.25) is 4.79 Å². The van der Waals surface area contributed by atoms with Crippen molar-refractivity contribution in [3.05, 3.63) is 52.6 Å². The number of primary amides is 1. The standard InChI is InChI=1S/C25H30N6O2S/c1-4-18-19(12-26)23(31-11-10-17(14-31)29-15-25(2,3)33)30-24(20(18)13-27)34-21(22(28)32)16-8-6-5-7-9-16/h5-9,17,21,29,33H,4,10-11,14-15H2,1-3H3,(H2,28,32)/t17-,21?/m0/s1. The number of nitriles is 2. The number of amides is 1. The third-order valence-corrected chi connectivity index (χ3v) is 6.99. The van der Waals surface area contributed by atoms with E-state index < -0.39 is 16.8 Å². The molecule has 178 valence electrons. The van der Waals surface area contributed by atoms with Crippen molar-refractivity contribution in [3.63, 3.8) is 0 Å². The minimum atomic E-state index is -0.821. The fraction of sp³-hybridized carbons (Fsp3) is 0.440. The van der Waals surface area contributed by atoms with Crippen LogP contribution in [0.5, 0.6) is 0 Å². The number of nitrogens with one attached hydrogen (secondary N) is 1. The van der Waals surface area contributed by atoms with Crippen molar-refractivity contribution >= 4 is 23.5 Å². The first-order valence-corrected chi connectivity index (χ1v) is 12.1. The van der Waals surface area contributed by atoms with E-state index in [1.165, 1.54) is 0 Å².